The van der Waals surface area contributed by atoms with Gasteiger partial charge in [0.1, 0.15) is 69.2 Å². The van der Waals surface area contributed by atoms with Crippen LogP contribution in [0.5, 0.6) is 28.7 Å². The number of nitrogens with one attached hydrogen (secondary N) is 5. The molecular weight excluding hydrogens is 1740 g/mol. The summed E-state index contributed by atoms with van der Waals surface area (Å²) in [5, 5.41) is 45.8. The van der Waals surface area contributed by atoms with Crippen molar-refractivity contribution < 1.29 is 47.7 Å². The molecule has 0 atom stereocenters. The van der Waals surface area contributed by atoms with Crippen LogP contribution in [0.1, 0.15) is 190 Å². The molecule has 0 saturated heterocycles. The normalized spacial score (nSPS) is 12.8. The molecule has 15 aromatic rings. The lowest BCUT2D eigenvalue weighted by Gasteiger charge is -2.30. The average molecular weight is 1840 g/mol. The summed E-state index contributed by atoms with van der Waals surface area (Å²) in [5.74, 6) is 6.40. The number of carbonyl (C=O) groups excluding carboxylic acids is 3. The topological polar surface area (TPSA) is 379 Å². The van der Waals surface area contributed by atoms with Crippen molar-refractivity contribution in [2.75, 3.05) is 45.9 Å². The van der Waals surface area contributed by atoms with E-state index < -0.39 is 5.91 Å². The van der Waals surface area contributed by atoms with Gasteiger partial charge in [0.15, 0.2) is 0 Å². The number of pyridine rings is 5. The molecule has 13 heterocycles. The molecule has 20 rings (SSSR count). The number of ether oxygens (including phenoxy) is 5. The minimum absolute atomic E-state index is 0.0750. The highest BCUT2D eigenvalue weighted by atomic mass is 16.5. The zero-order valence-electron chi connectivity index (χ0n) is 78.8. The monoisotopic (exact) mass is 1840 g/mol. The molecule has 0 spiro atoms. The van der Waals surface area contributed by atoms with E-state index in [2.05, 4.69) is 141 Å². The molecule has 138 heavy (non-hydrogen) atoms. The van der Waals surface area contributed by atoms with Gasteiger partial charge in [-0.3, -0.25) is 44.1 Å². The van der Waals surface area contributed by atoms with E-state index in [1.54, 1.807) is 72.9 Å². The third kappa shape index (κ3) is 23.6. The predicted molar refractivity (Wildman–Crippen MR) is 534 cm³/mol. The van der Waals surface area contributed by atoms with Gasteiger partial charge in [-0.25, -0.2) is 24.9 Å². The summed E-state index contributed by atoms with van der Waals surface area (Å²) in [5.41, 5.74) is 24.1. The minimum atomic E-state index is -0.404. The summed E-state index contributed by atoms with van der Waals surface area (Å²) < 4.78 is 35.5. The molecule has 8 aromatic heterocycles. The van der Waals surface area contributed by atoms with Crippen molar-refractivity contribution in [2.24, 2.45) is 27.0 Å². The third-order valence-electron chi connectivity index (χ3n) is 22.3. The molecule has 7 aromatic carbocycles. The minimum Gasteiger partial charge on any atom is -0.491 e. The van der Waals surface area contributed by atoms with Crippen molar-refractivity contribution in [3.05, 3.63) is 356 Å². The Morgan fingerprint density at radius 1 is 0.457 bits per heavy atom. The third-order valence-corrected chi connectivity index (χ3v) is 22.3. The van der Waals surface area contributed by atoms with Crippen molar-refractivity contribution in [3.63, 3.8) is 0 Å². The first kappa shape index (κ1) is 94.5. The molecule has 0 aliphatic carbocycles. The molecular formula is C108H106N20O10. The number of aliphatic imine (C=N–C) groups is 4. The average Bonchev–Trinajstić information content (AvgIpc) is 1.52. The highest BCUT2D eigenvalue weighted by Crippen LogP contribution is 2.37. The van der Waals surface area contributed by atoms with Crippen LogP contribution in [-0.4, -0.2) is 146 Å². The smallest absolute Gasteiger partial charge is 0.295 e. The van der Waals surface area contributed by atoms with Gasteiger partial charge < -0.3 is 59.5 Å². The molecule has 0 bridgehead atoms. The maximum atomic E-state index is 12.6. The van der Waals surface area contributed by atoms with Crippen LogP contribution in [0.2, 0.25) is 0 Å². The quantitative estimate of drug-likeness (QED) is 0.0309. The first-order valence-electron chi connectivity index (χ1n) is 45.7. The Bertz CT molecular complexity index is 7130. The number of amides is 3. The molecule has 0 fully saturated rings. The highest BCUT2D eigenvalue weighted by molar-refractivity contribution is 6.19. The number of aromatic amines is 1. The van der Waals surface area contributed by atoms with Crippen LogP contribution < -0.4 is 49.9 Å². The fraction of sp³-hybridized carbons (Fsp3) is 0.241. The van der Waals surface area contributed by atoms with Gasteiger partial charge in [0.25, 0.3) is 17.7 Å². The summed E-state index contributed by atoms with van der Waals surface area (Å²) in [6.07, 6.45) is 11.6. The van der Waals surface area contributed by atoms with Gasteiger partial charge in [0, 0.05) is 125 Å². The Labute approximate surface area is 799 Å². The van der Waals surface area contributed by atoms with E-state index in [0.29, 0.717) is 67.0 Å². The number of aliphatic hydroxyl groups is 1. The van der Waals surface area contributed by atoms with E-state index in [9.17, 15) is 14.4 Å². The number of aryl methyl sites for hydroxylation is 2. The Morgan fingerprint density at radius 3 is 1.33 bits per heavy atom. The SMILES string of the molecule is CC(C)Oc1ccc2[nH]nc(-c3ccnc(N4CCc5ccccc5C4)c3)c2c1.CC(C)Oc1ccc2c(c1)C(c1ccnc(NC(=O)c3ccc(C#N)cc3)c1)=NC2.CC(C)Oc1ccc2c(c1)C(c1ccnc(NC(=O)c3ccno3)c1)=NC2.CC(C)Oc1ccc2c(c1)C(c1ccnc(NCCO)c1)=NC2.Cc1cc(C(=O)Nc2cc(C3=NCc4ccc(OC(C)C)cc43)ccn2)n(C)n1. The van der Waals surface area contributed by atoms with Gasteiger partial charge in [-0.15, -0.1) is 0 Å². The van der Waals surface area contributed by atoms with Crippen LogP contribution in [0.4, 0.5) is 29.1 Å². The second-order valence-electron chi connectivity index (χ2n) is 34.5. The summed E-state index contributed by atoms with van der Waals surface area (Å²) in [4.78, 5) is 79.9. The number of aliphatic hydroxyl groups excluding tert-OH is 1. The Kier molecular flexibility index (Phi) is 29.8. The van der Waals surface area contributed by atoms with Crippen molar-refractivity contribution in [3.8, 4) is 46.1 Å². The number of H-pyrrole nitrogens is 1. The van der Waals surface area contributed by atoms with Crippen LogP contribution in [-0.2, 0) is 46.2 Å². The molecule has 5 aliphatic heterocycles. The van der Waals surface area contributed by atoms with Crippen LogP contribution >= 0.6 is 0 Å². The number of nitrogens with zero attached hydrogens (tertiary/aromatic N) is 15. The van der Waals surface area contributed by atoms with Crippen molar-refractivity contribution in [1.82, 2.24) is 50.1 Å². The molecule has 698 valence electrons. The van der Waals surface area contributed by atoms with Crippen molar-refractivity contribution >= 4 is 80.6 Å². The number of carbonyl (C=O) groups is 3. The standard InChI is InChI=1S/C24H20N4O2.C24H24N4O.C22H23N5O2.C20H18N4O3.C18H21N3O2/c1-15(2)30-20-8-7-19-14-27-23(21(19)12-20)18-9-10-26-22(11-18)28-24(29)17-5-3-16(13-25)4-6-17;1-16(2)29-20-7-8-22-21(14-20)24(27-26-22)18-9-11-25-23(13-18)28-12-10-17-5-3-4-6-19(17)15-28;1-13(2)29-17-6-5-16-12-24-21(18(16)11-17)15-7-8-23-20(10-15)25-22(28)19-9-14(3)26-27(19)4;1-12(2)26-15-4-3-14-11-22-19(16(14)10-15)13-5-7-21-18(9-13)24-20(25)17-6-8-23-27-17;1-12(2)23-15-4-3-14-11-21-18(16(14)10-15)13-5-6-19-17(9-13)20-7-8-22/h3-12,15H,14H2,1-2H3,(H,26,28,29);3-9,11,13-14,16H,10,12,15H2,1-2H3,(H,26,27);5-11,13H,12H2,1-4H3,(H,23,25,28);3-10,12H,11H2,1-2H3,(H,21,24,25);3-6,9-10,12,22H,7-8,11H2,1-2H3,(H,19,20). The van der Waals surface area contributed by atoms with Gasteiger partial charge in [-0.05, 0) is 274 Å². The fourth-order valence-corrected chi connectivity index (χ4v) is 16.2. The number of rotatable bonds is 25. The van der Waals surface area contributed by atoms with E-state index in [1.165, 1.54) is 29.0 Å². The lowest BCUT2D eigenvalue weighted by atomic mass is 10.00. The Hall–Kier alpha value is -16.7. The van der Waals surface area contributed by atoms with Gasteiger partial charge in [-0.1, -0.05) is 53.7 Å². The second-order valence-corrected chi connectivity index (χ2v) is 34.5. The van der Waals surface area contributed by atoms with Crippen molar-refractivity contribution in [2.45, 2.75) is 146 Å². The zero-order valence-corrected chi connectivity index (χ0v) is 78.8. The molecule has 0 unspecified atom stereocenters. The number of aromatic nitrogens is 10. The molecule has 3 amide bonds. The van der Waals surface area contributed by atoms with Gasteiger partial charge in [0.2, 0.25) is 5.76 Å². The number of nitriles is 1. The molecule has 30 nitrogen and oxygen atoms in total. The summed E-state index contributed by atoms with van der Waals surface area (Å²) in [6.45, 7) is 26.9. The largest absolute Gasteiger partial charge is 0.491 e. The molecule has 0 saturated carbocycles. The molecule has 0 radical (unpaired) electrons. The zero-order chi connectivity index (χ0) is 96.5. The van der Waals surface area contributed by atoms with E-state index in [0.717, 1.165) is 172 Å². The van der Waals surface area contributed by atoms with Crippen LogP contribution in [0.25, 0.3) is 22.2 Å². The van der Waals surface area contributed by atoms with Crippen molar-refractivity contribution in [1.29, 1.82) is 5.26 Å². The summed E-state index contributed by atoms with van der Waals surface area (Å²) in [6, 6.07) is 69.8. The highest BCUT2D eigenvalue weighted by Gasteiger charge is 2.27. The van der Waals surface area contributed by atoms with E-state index in [1.807, 2.05) is 204 Å². The first-order chi connectivity index (χ1) is 66.9. The second kappa shape index (κ2) is 43.6. The van der Waals surface area contributed by atoms with E-state index in [-0.39, 0.29) is 54.7 Å². The lowest BCUT2D eigenvalue weighted by molar-refractivity contribution is 0.0984. The number of fused-ring (bicyclic) bond motifs is 6. The van der Waals surface area contributed by atoms with Gasteiger partial charge in [-0.2, -0.15) is 15.5 Å². The molecule has 5 aliphatic rings. The van der Waals surface area contributed by atoms with E-state index >= 15 is 0 Å². The van der Waals surface area contributed by atoms with Crippen LogP contribution in [0.3, 0.4) is 0 Å². The Morgan fingerprint density at radius 2 is 0.884 bits per heavy atom. The Balaban J connectivity index is 0.000000125. The number of hydrogen-bond donors (Lipinski definition) is 6. The van der Waals surface area contributed by atoms with E-state index in [4.69, 9.17) is 43.6 Å². The maximum Gasteiger partial charge on any atom is 0.295 e. The lowest BCUT2D eigenvalue weighted by Crippen LogP contribution is -2.30. The molecule has 6 N–H and O–H groups in total. The molecule has 30 heteroatoms. The maximum absolute atomic E-state index is 12.6. The fourth-order valence-electron chi connectivity index (χ4n) is 16.2. The predicted octanol–water partition coefficient (Wildman–Crippen LogP) is 18.9. The number of benzene rings is 7. The summed E-state index contributed by atoms with van der Waals surface area (Å²) in [7, 11) is 1.74. The summed E-state index contributed by atoms with van der Waals surface area (Å²) >= 11 is 0. The van der Waals surface area contributed by atoms with Gasteiger partial charge in [0.05, 0.1) is 115 Å². The van der Waals surface area contributed by atoms with Crippen LogP contribution in [0.15, 0.2) is 274 Å². The van der Waals surface area contributed by atoms with Gasteiger partial charge >= 0.3 is 0 Å². The number of anilines is 5. The van der Waals surface area contributed by atoms with Crippen LogP contribution in [0, 0.1) is 18.3 Å². The number of hydrogen-bond acceptors (Lipinski definition) is 25. The first-order valence-corrected chi connectivity index (χ1v) is 45.7.